The first-order chi connectivity index (χ1) is 22.9. The number of alkyl halides is 3. The molecule has 0 radical (unpaired) electrons. The first-order valence-electron chi connectivity index (χ1n) is 14.9. The Balaban J connectivity index is 0.000000221. The third kappa shape index (κ3) is 8.69. The summed E-state index contributed by atoms with van der Waals surface area (Å²) in [5, 5.41) is 0. The summed E-state index contributed by atoms with van der Waals surface area (Å²) in [4.78, 5) is 22.7. The van der Waals surface area contributed by atoms with Crippen molar-refractivity contribution in [2.75, 3.05) is 0 Å². The van der Waals surface area contributed by atoms with Crippen LogP contribution in [0.1, 0.15) is 59.5 Å². The summed E-state index contributed by atoms with van der Waals surface area (Å²) >= 11 is 0. The number of hydrogen-bond acceptors (Lipinski definition) is 9. The lowest BCUT2D eigenvalue weighted by molar-refractivity contribution is -0.0500. The molecule has 1 aliphatic heterocycles. The van der Waals surface area contributed by atoms with Gasteiger partial charge in [-0.05, 0) is 101 Å². The molecule has 4 aromatic carbocycles. The van der Waals surface area contributed by atoms with E-state index in [4.69, 9.17) is 18.8 Å². The van der Waals surface area contributed by atoms with Gasteiger partial charge in [-0.3, -0.25) is 9.59 Å². The Morgan fingerprint density at radius 2 is 1.10 bits per heavy atom. The summed E-state index contributed by atoms with van der Waals surface area (Å²) in [7, 11) is -6.51. The second kappa shape index (κ2) is 14.4. The van der Waals surface area contributed by atoms with E-state index in [2.05, 4.69) is 4.18 Å². The van der Waals surface area contributed by atoms with Crippen molar-refractivity contribution in [3.05, 3.63) is 107 Å². The molecule has 5 rings (SSSR count). The van der Waals surface area contributed by atoms with Crippen LogP contribution >= 0.6 is 0 Å². The summed E-state index contributed by atoms with van der Waals surface area (Å²) in [5.74, 6) is 1.03. The topological polar surface area (TPSA) is 114 Å². The number of aldehydes is 2. The maximum Gasteiger partial charge on any atom is 0.534 e. The molecular weight excluding hydrogens is 664 g/mol. The molecule has 1 fully saturated rings. The van der Waals surface area contributed by atoms with Gasteiger partial charge in [0.2, 0.25) is 0 Å². The van der Waals surface area contributed by atoms with Gasteiger partial charge in [0.05, 0.1) is 16.8 Å². The number of carbonyl (C=O) groups is 2. The molecule has 9 nitrogen and oxygen atoms in total. The summed E-state index contributed by atoms with van der Waals surface area (Å²) < 4.78 is 87.4. The van der Waals surface area contributed by atoms with E-state index in [-0.39, 0.29) is 23.2 Å². The zero-order valence-corrected chi connectivity index (χ0v) is 28.3. The Labute approximate surface area is 283 Å². The van der Waals surface area contributed by atoms with Crippen molar-refractivity contribution in [1.82, 2.24) is 0 Å². The smallest absolute Gasteiger partial charge is 0.457 e. The Kier molecular flexibility index (Phi) is 11.0. The average Bonchev–Trinajstić information content (AvgIpc) is 3.23. The van der Waals surface area contributed by atoms with E-state index in [0.717, 1.165) is 23.7 Å². The average molecular weight is 699 g/mol. The molecule has 0 bridgehead atoms. The zero-order chi connectivity index (χ0) is 36.2. The lowest BCUT2D eigenvalue weighted by Crippen LogP contribution is -2.41. The predicted molar refractivity (Wildman–Crippen MR) is 177 cm³/mol. The highest BCUT2D eigenvalue weighted by molar-refractivity contribution is 7.88. The third-order valence-corrected chi connectivity index (χ3v) is 8.86. The molecule has 4 aromatic rings. The molecule has 0 saturated carbocycles. The number of halogens is 3. The maximum absolute atomic E-state index is 12.5. The van der Waals surface area contributed by atoms with Crippen LogP contribution in [0.4, 0.5) is 13.2 Å². The van der Waals surface area contributed by atoms with Crippen molar-refractivity contribution in [3.8, 4) is 28.7 Å². The number of carbonyl (C=O) groups excluding carboxylic acids is 2. The van der Waals surface area contributed by atoms with Crippen LogP contribution in [0.2, 0.25) is 0 Å². The lowest BCUT2D eigenvalue weighted by atomic mass is 9.75. The van der Waals surface area contributed by atoms with Gasteiger partial charge in [-0.2, -0.15) is 21.6 Å². The Bertz CT molecular complexity index is 1900. The standard InChI is InChI=1S/C20H23BO4.C15H11F3O5S/c1-14-11-16(23-15-9-7-6-8-10-15)12-18(17(14)13-22)21-24-19(2,3)20(4,5)25-21;1-10-7-12(22-11-5-3-2-4-6-11)8-14(13(10)9-19)23-24(20,21)15(16,17)18/h6-13H,1-5H3;2-9H,1H3. The van der Waals surface area contributed by atoms with Gasteiger partial charge in [0.1, 0.15) is 29.3 Å². The van der Waals surface area contributed by atoms with Crippen LogP contribution in [0.25, 0.3) is 0 Å². The van der Waals surface area contributed by atoms with Gasteiger partial charge in [0.15, 0.2) is 12.0 Å². The molecular formula is C35H34BF3O9S. The van der Waals surface area contributed by atoms with E-state index in [1.807, 2.05) is 77.1 Å². The molecule has 0 aliphatic carbocycles. The quantitative estimate of drug-likeness (QED) is 0.0750. The van der Waals surface area contributed by atoms with Gasteiger partial charge in [-0.15, -0.1) is 0 Å². The number of ether oxygens (including phenoxy) is 2. The van der Waals surface area contributed by atoms with Crippen LogP contribution < -0.4 is 19.1 Å². The highest BCUT2D eigenvalue weighted by Crippen LogP contribution is 2.38. The van der Waals surface area contributed by atoms with Crippen molar-refractivity contribution >= 4 is 35.3 Å². The fourth-order valence-electron chi connectivity index (χ4n) is 4.60. The fraction of sp³-hybridized carbons (Fsp3) is 0.257. The number of aryl methyl sites for hydroxylation is 2. The van der Waals surface area contributed by atoms with Crippen molar-refractivity contribution in [2.45, 2.75) is 58.3 Å². The molecule has 49 heavy (non-hydrogen) atoms. The van der Waals surface area contributed by atoms with Gasteiger partial charge in [0, 0.05) is 11.6 Å². The summed E-state index contributed by atoms with van der Waals surface area (Å²) in [6.45, 7) is 11.3. The molecule has 1 saturated heterocycles. The van der Waals surface area contributed by atoms with E-state index >= 15 is 0 Å². The minimum atomic E-state index is -5.90. The van der Waals surface area contributed by atoms with E-state index in [1.54, 1.807) is 30.3 Å². The van der Waals surface area contributed by atoms with Crippen LogP contribution in [0.5, 0.6) is 28.7 Å². The molecule has 0 unspecified atom stereocenters. The van der Waals surface area contributed by atoms with Gasteiger partial charge >= 0.3 is 22.7 Å². The third-order valence-electron chi connectivity index (χ3n) is 7.90. The lowest BCUT2D eigenvalue weighted by Gasteiger charge is -2.32. The molecule has 0 spiro atoms. The molecule has 258 valence electrons. The molecule has 0 atom stereocenters. The van der Waals surface area contributed by atoms with Crippen molar-refractivity contribution < 1.29 is 54.1 Å². The van der Waals surface area contributed by atoms with Gasteiger partial charge < -0.3 is 23.0 Å². The first kappa shape index (κ1) is 37.2. The minimum absolute atomic E-state index is 0.0247. The van der Waals surface area contributed by atoms with Gasteiger partial charge in [-0.25, -0.2) is 0 Å². The van der Waals surface area contributed by atoms with Crippen LogP contribution in [0, 0.1) is 13.8 Å². The molecule has 1 heterocycles. The maximum atomic E-state index is 12.5. The summed E-state index contributed by atoms with van der Waals surface area (Å²) in [5.41, 5.74) is -4.57. The highest BCUT2D eigenvalue weighted by Gasteiger charge is 2.52. The monoisotopic (exact) mass is 698 g/mol. The van der Waals surface area contributed by atoms with E-state index in [0.29, 0.717) is 22.5 Å². The minimum Gasteiger partial charge on any atom is -0.457 e. The highest BCUT2D eigenvalue weighted by atomic mass is 32.2. The second-order valence-corrected chi connectivity index (χ2v) is 13.6. The van der Waals surface area contributed by atoms with Gasteiger partial charge in [-0.1, -0.05) is 36.4 Å². The van der Waals surface area contributed by atoms with Crippen molar-refractivity contribution in [2.24, 2.45) is 0 Å². The van der Waals surface area contributed by atoms with Crippen LogP contribution in [0.15, 0.2) is 84.9 Å². The molecule has 0 aromatic heterocycles. The van der Waals surface area contributed by atoms with Crippen molar-refractivity contribution in [1.29, 1.82) is 0 Å². The molecule has 0 amide bonds. The molecule has 14 heteroatoms. The largest absolute Gasteiger partial charge is 0.534 e. The van der Waals surface area contributed by atoms with E-state index < -0.39 is 39.7 Å². The van der Waals surface area contributed by atoms with Crippen LogP contribution in [0.3, 0.4) is 0 Å². The number of hydrogen-bond donors (Lipinski definition) is 0. The second-order valence-electron chi connectivity index (χ2n) is 12.0. The first-order valence-corrected chi connectivity index (χ1v) is 16.3. The molecule has 0 N–H and O–H groups in total. The fourth-order valence-corrected chi connectivity index (χ4v) is 5.07. The normalized spacial score (nSPS) is 15.1. The summed E-state index contributed by atoms with van der Waals surface area (Å²) in [6, 6.07) is 23.8. The zero-order valence-electron chi connectivity index (χ0n) is 27.5. The predicted octanol–water partition coefficient (Wildman–Crippen LogP) is 7.73. The Hall–Kier alpha value is -4.66. The van der Waals surface area contributed by atoms with Crippen molar-refractivity contribution in [3.63, 3.8) is 0 Å². The Morgan fingerprint density at radius 3 is 1.53 bits per heavy atom. The molecule has 1 aliphatic rings. The summed E-state index contributed by atoms with van der Waals surface area (Å²) in [6.07, 6.45) is 1.06. The number of benzene rings is 4. The van der Waals surface area contributed by atoms with Gasteiger partial charge in [0.25, 0.3) is 0 Å². The number of para-hydroxylation sites is 2. The van der Waals surface area contributed by atoms with Crippen LogP contribution in [-0.2, 0) is 19.4 Å². The van der Waals surface area contributed by atoms with Crippen LogP contribution in [-0.4, -0.2) is 44.8 Å². The van der Waals surface area contributed by atoms with E-state index in [1.165, 1.54) is 13.0 Å². The van der Waals surface area contributed by atoms with E-state index in [9.17, 15) is 31.2 Å². The Morgan fingerprint density at radius 1 is 0.673 bits per heavy atom. The SMILES string of the molecule is Cc1cc(Oc2ccccc2)cc(B2OC(C)(C)C(C)(C)O2)c1C=O.Cc1cc(Oc2ccccc2)cc(OS(=O)(=O)C(F)(F)F)c1C=O. The number of rotatable bonds is 9.